The fourth-order valence-electron chi connectivity index (χ4n) is 4.32. The number of β-amino-alcohol motifs (C(OH)–C–C–N with tert-alkyl or cyclic N) is 1. The van der Waals surface area contributed by atoms with E-state index in [4.69, 9.17) is 0 Å². The lowest BCUT2D eigenvalue weighted by atomic mass is 9.98. The highest BCUT2D eigenvalue weighted by atomic mass is 16.3. The molecule has 1 N–H and O–H groups in total. The lowest BCUT2D eigenvalue weighted by molar-refractivity contribution is -0.0219. The second kappa shape index (κ2) is 9.84. The molecular formula is C26H30N2O. The second-order valence-electron chi connectivity index (χ2n) is 8.02. The molecule has 1 aliphatic rings. The molecular weight excluding hydrogens is 356 g/mol. The highest BCUT2D eigenvalue weighted by molar-refractivity contribution is 5.18. The van der Waals surface area contributed by atoms with Crippen molar-refractivity contribution >= 4 is 0 Å². The molecule has 1 saturated heterocycles. The number of aliphatic hydroxyl groups is 1. The minimum Gasteiger partial charge on any atom is -0.390 e. The molecule has 0 radical (unpaired) electrons. The molecule has 1 aliphatic heterocycles. The summed E-state index contributed by atoms with van der Waals surface area (Å²) in [6, 6.07) is 31.9. The Morgan fingerprint density at radius 3 is 1.69 bits per heavy atom. The molecule has 0 amide bonds. The highest BCUT2D eigenvalue weighted by Crippen LogP contribution is 2.23. The molecule has 3 heteroatoms. The van der Waals surface area contributed by atoms with Crippen LogP contribution in [0.15, 0.2) is 91.0 Å². The standard InChI is InChI=1S/C26H30N2O/c29-26-21-27(18-22-10-4-1-5-11-22)17-16-25(26)28(19-23-12-6-2-7-13-23)20-24-14-8-3-9-15-24/h1-15,25-26,29H,16-21H2. The van der Waals surface area contributed by atoms with E-state index in [-0.39, 0.29) is 12.1 Å². The molecule has 3 aromatic rings. The van der Waals surface area contributed by atoms with Gasteiger partial charge in [0.05, 0.1) is 6.10 Å². The Morgan fingerprint density at radius 2 is 1.21 bits per heavy atom. The first kappa shape index (κ1) is 19.8. The Bertz CT molecular complexity index is 812. The minimum atomic E-state index is -0.347. The molecule has 29 heavy (non-hydrogen) atoms. The van der Waals surface area contributed by atoms with E-state index in [1.807, 2.05) is 0 Å². The van der Waals surface area contributed by atoms with Gasteiger partial charge in [-0.1, -0.05) is 91.0 Å². The van der Waals surface area contributed by atoms with Gasteiger partial charge >= 0.3 is 0 Å². The van der Waals surface area contributed by atoms with Gasteiger partial charge in [-0.3, -0.25) is 9.80 Å². The average molecular weight is 387 g/mol. The molecule has 3 aromatic carbocycles. The molecule has 0 bridgehead atoms. The number of rotatable bonds is 7. The van der Waals surface area contributed by atoms with Crippen molar-refractivity contribution in [2.24, 2.45) is 0 Å². The number of hydrogen-bond acceptors (Lipinski definition) is 3. The largest absolute Gasteiger partial charge is 0.390 e. The highest BCUT2D eigenvalue weighted by Gasteiger charge is 2.32. The van der Waals surface area contributed by atoms with Crippen LogP contribution < -0.4 is 0 Å². The zero-order valence-corrected chi connectivity index (χ0v) is 16.9. The maximum atomic E-state index is 11.1. The first-order chi connectivity index (χ1) is 14.3. The summed E-state index contributed by atoms with van der Waals surface area (Å²) < 4.78 is 0. The van der Waals surface area contributed by atoms with E-state index < -0.39 is 0 Å². The third kappa shape index (κ3) is 5.54. The van der Waals surface area contributed by atoms with Crippen molar-refractivity contribution in [1.29, 1.82) is 0 Å². The fraction of sp³-hybridized carbons (Fsp3) is 0.308. The van der Waals surface area contributed by atoms with Gasteiger partial charge in [-0.2, -0.15) is 0 Å². The predicted octanol–water partition coefficient (Wildman–Crippen LogP) is 4.32. The number of likely N-dealkylation sites (tertiary alicyclic amines) is 1. The summed E-state index contributed by atoms with van der Waals surface area (Å²) in [6.45, 7) is 4.35. The van der Waals surface area contributed by atoms with Crippen LogP contribution in [0, 0.1) is 0 Å². The van der Waals surface area contributed by atoms with Gasteiger partial charge in [-0.05, 0) is 23.1 Å². The molecule has 0 spiro atoms. The Balaban J connectivity index is 1.45. The van der Waals surface area contributed by atoms with Gasteiger partial charge in [0.1, 0.15) is 0 Å². The normalized spacial score (nSPS) is 20.1. The maximum absolute atomic E-state index is 11.1. The van der Waals surface area contributed by atoms with Crippen molar-refractivity contribution < 1.29 is 5.11 Å². The molecule has 2 unspecified atom stereocenters. The summed E-state index contributed by atoms with van der Waals surface area (Å²) >= 11 is 0. The lowest BCUT2D eigenvalue weighted by Crippen LogP contribution is -2.53. The van der Waals surface area contributed by atoms with Crippen molar-refractivity contribution in [3.8, 4) is 0 Å². The summed E-state index contributed by atoms with van der Waals surface area (Å²) in [5, 5.41) is 11.1. The van der Waals surface area contributed by atoms with Crippen LogP contribution in [-0.4, -0.2) is 40.1 Å². The van der Waals surface area contributed by atoms with Crippen molar-refractivity contribution in [2.75, 3.05) is 13.1 Å². The van der Waals surface area contributed by atoms with Gasteiger partial charge in [0.25, 0.3) is 0 Å². The summed E-state index contributed by atoms with van der Waals surface area (Å²) in [5.41, 5.74) is 3.90. The zero-order valence-electron chi connectivity index (χ0n) is 16.9. The molecule has 0 aliphatic carbocycles. The third-order valence-electron chi connectivity index (χ3n) is 5.81. The first-order valence-electron chi connectivity index (χ1n) is 10.5. The van der Waals surface area contributed by atoms with E-state index in [9.17, 15) is 5.11 Å². The van der Waals surface area contributed by atoms with Crippen LogP contribution in [-0.2, 0) is 19.6 Å². The molecule has 4 rings (SSSR count). The average Bonchev–Trinajstić information content (AvgIpc) is 2.76. The van der Waals surface area contributed by atoms with E-state index in [1.165, 1.54) is 16.7 Å². The van der Waals surface area contributed by atoms with Gasteiger partial charge in [-0.25, -0.2) is 0 Å². The molecule has 150 valence electrons. The van der Waals surface area contributed by atoms with Crippen LogP contribution in [0.25, 0.3) is 0 Å². The van der Waals surface area contributed by atoms with Crippen LogP contribution >= 0.6 is 0 Å². The minimum absolute atomic E-state index is 0.169. The van der Waals surface area contributed by atoms with Gasteiger partial charge in [-0.15, -0.1) is 0 Å². The monoisotopic (exact) mass is 386 g/mol. The number of benzene rings is 3. The van der Waals surface area contributed by atoms with Crippen LogP contribution in [0.5, 0.6) is 0 Å². The van der Waals surface area contributed by atoms with E-state index in [0.29, 0.717) is 0 Å². The van der Waals surface area contributed by atoms with Gasteiger partial charge in [0, 0.05) is 38.8 Å². The van der Waals surface area contributed by atoms with Gasteiger partial charge in [0.15, 0.2) is 0 Å². The number of aliphatic hydroxyl groups excluding tert-OH is 1. The molecule has 0 aromatic heterocycles. The van der Waals surface area contributed by atoms with Crippen molar-refractivity contribution in [1.82, 2.24) is 9.80 Å². The molecule has 3 nitrogen and oxygen atoms in total. The summed E-state index contributed by atoms with van der Waals surface area (Å²) in [6.07, 6.45) is 0.633. The van der Waals surface area contributed by atoms with Gasteiger partial charge in [0.2, 0.25) is 0 Å². The van der Waals surface area contributed by atoms with Crippen LogP contribution in [0.4, 0.5) is 0 Å². The molecule has 1 heterocycles. The molecule has 2 atom stereocenters. The van der Waals surface area contributed by atoms with E-state index >= 15 is 0 Å². The Hall–Kier alpha value is -2.46. The summed E-state index contributed by atoms with van der Waals surface area (Å²) in [7, 11) is 0. The van der Waals surface area contributed by atoms with E-state index in [0.717, 1.165) is 39.1 Å². The van der Waals surface area contributed by atoms with E-state index in [1.54, 1.807) is 0 Å². The Kier molecular flexibility index (Phi) is 6.73. The second-order valence-corrected chi connectivity index (χ2v) is 8.02. The predicted molar refractivity (Wildman–Crippen MR) is 118 cm³/mol. The summed E-state index contributed by atoms with van der Waals surface area (Å²) in [4.78, 5) is 4.83. The maximum Gasteiger partial charge on any atom is 0.0822 e. The van der Waals surface area contributed by atoms with Crippen LogP contribution in [0.3, 0.4) is 0 Å². The topological polar surface area (TPSA) is 26.7 Å². The number of hydrogen-bond donors (Lipinski definition) is 1. The lowest BCUT2D eigenvalue weighted by Gasteiger charge is -2.42. The van der Waals surface area contributed by atoms with Crippen molar-refractivity contribution in [3.63, 3.8) is 0 Å². The van der Waals surface area contributed by atoms with Crippen molar-refractivity contribution in [2.45, 2.75) is 38.2 Å². The van der Waals surface area contributed by atoms with Crippen molar-refractivity contribution in [3.05, 3.63) is 108 Å². The van der Waals surface area contributed by atoms with Gasteiger partial charge < -0.3 is 5.11 Å². The van der Waals surface area contributed by atoms with E-state index in [2.05, 4.69) is 101 Å². The van der Waals surface area contributed by atoms with Crippen LogP contribution in [0.2, 0.25) is 0 Å². The zero-order chi connectivity index (χ0) is 19.9. The Labute approximate surface area is 174 Å². The first-order valence-corrected chi connectivity index (χ1v) is 10.5. The molecule has 0 saturated carbocycles. The summed E-state index contributed by atoms with van der Waals surface area (Å²) in [5.74, 6) is 0. The fourth-order valence-corrected chi connectivity index (χ4v) is 4.32. The van der Waals surface area contributed by atoms with Crippen LogP contribution in [0.1, 0.15) is 23.1 Å². The number of nitrogens with zero attached hydrogens (tertiary/aromatic N) is 2. The SMILES string of the molecule is OC1CN(Cc2ccccc2)CCC1N(Cc1ccccc1)Cc1ccccc1. The Morgan fingerprint density at radius 1 is 0.724 bits per heavy atom. The third-order valence-corrected chi connectivity index (χ3v) is 5.81. The smallest absolute Gasteiger partial charge is 0.0822 e. The quantitative estimate of drug-likeness (QED) is 0.655. The number of piperidine rings is 1. The molecule has 1 fully saturated rings.